The van der Waals surface area contributed by atoms with E-state index in [0.29, 0.717) is 18.7 Å². The first kappa shape index (κ1) is 13.8. The van der Waals surface area contributed by atoms with Crippen LogP contribution >= 0.6 is 0 Å². The maximum Gasteiger partial charge on any atom is 0.307 e. The van der Waals surface area contributed by atoms with Crippen LogP contribution in [0.3, 0.4) is 0 Å². The Labute approximate surface area is 112 Å². The molecule has 0 radical (unpaired) electrons. The van der Waals surface area contributed by atoms with Gasteiger partial charge >= 0.3 is 5.97 Å². The number of halogens is 1. The van der Waals surface area contributed by atoms with Gasteiger partial charge in [0.25, 0.3) is 0 Å². The molecule has 2 atom stereocenters. The molecule has 2 unspecified atom stereocenters. The summed E-state index contributed by atoms with van der Waals surface area (Å²) in [5, 5.41) is 3.29. The van der Waals surface area contributed by atoms with Gasteiger partial charge in [-0.25, -0.2) is 4.39 Å². The summed E-state index contributed by atoms with van der Waals surface area (Å²) in [4.78, 5) is 13.3. The van der Waals surface area contributed by atoms with Gasteiger partial charge in [0.15, 0.2) is 0 Å². The van der Waals surface area contributed by atoms with Crippen molar-refractivity contribution in [2.75, 3.05) is 25.1 Å². The van der Waals surface area contributed by atoms with Crippen LogP contribution in [0.25, 0.3) is 0 Å². The number of para-hydroxylation sites is 1. The first-order valence-corrected chi connectivity index (χ1v) is 6.43. The highest BCUT2D eigenvalue weighted by molar-refractivity contribution is 5.70. The summed E-state index contributed by atoms with van der Waals surface area (Å²) in [5.41, 5.74) is 0.589. The first-order valence-electron chi connectivity index (χ1n) is 6.43. The highest BCUT2D eigenvalue weighted by Crippen LogP contribution is 2.23. The summed E-state index contributed by atoms with van der Waals surface area (Å²) in [6.07, 6.45) is 0.300. The Morgan fingerprint density at radius 3 is 2.95 bits per heavy atom. The molecule has 0 aromatic heterocycles. The molecule has 1 aliphatic heterocycles. The van der Waals surface area contributed by atoms with E-state index in [-0.39, 0.29) is 23.9 Å². The second-order valence-corrected chi connectivity index (χ2v) is 4.84. The molecule has 2 rings (SSSR count). The summed E-state index contributed by atoms with van der Waals surface area (Å²) < 4.78 is 18.5. The number of nitrogens with one attached hydrogen (secondary N) is 1. The van der Waals surface area contributed by atoms with E-state index in [9.17, 15) is 9.18 Å². The number of anilines is 1. The molecule has 1 fully saturated rings. The van der Waals surface area contributed by atoms with Crippen molar-refractivity contribution >= 4 is 11.7 Å². The molecule has 1 aromatic rings. The third-order valence-corrected chi connectivity index (χ3v) is 3.45. The predicted molar refractivity (Wildman–Crippen MR) is 71.6 cm³/mol. The molecular weight excluding hydrogens is 247 g/mol. The number of ether oxygens (including phenoxy) is 1. The molecule has 0 saturated carbocycles. The highest BCUT2D eigenvalue weighted by Gasteiger charge is 2.28. The topological polar surface area (TPSA) is 41.6 Å². The summed E-state index contributed by atoms with van der Waals surface area (Å²) in [6, 6.07) is 6.90. The van der Waals surface area contributed by atoms with E-state index in [1.807, 2.05) is 17.9 Å². The fraction of sp³-hybridized carbons (Fsp3) is 0.500. The van der Waals surface area contributed by atoms with Gasteiger partial charge in [0.2, 0.25) is 0 Å². The molecule has 1 aromatic carbocycles. The van der Waals surface area contributed by atoms with E-state index < -0.39 is 0 Å². The smallest absolute Gasteiger partial charge is 0.307 e. The molecule has 104 valence electrons. The van der Waals surface area contributed by atoms with Crippen molar-refractivity contribution < 1.29 is 13.9 Å². The summed E-state index contributed by atoms with van der Waals surface area (Å²) in [5.74, 6) is -0.478. The van der Waals surface area contributed by atoms with Crippen molar-refractivity contribution in [3.05, 3.63) is 30.1 Å². The normalized spacial score (nSPS) is 23.2. The molecule has 1 aliphatic rings. The zero-order valence-electron chi connectivity index (χ0n) is 11.2. The molecule has 0 spiro atoms. The Bertz CT molecular complexity index is 453. The number of carbonyl (C=O) groups is 1. The second kappa shape index (κ2) is 6.02. The Morgan fingerprint density at radius 2 is 2.26 bits per heavy atom. The van der Waals surface area contributed by atoms with Crippen molar-refractivity contribution in [2.45, 2.75) is 25.4 Å². The molecule has 0 aliphatic carbocycles. The monoisotopic (exact) mass is 266 g/mol. The Morgan fingerprint density at radius 1 is 1.53 bits per heavy atom. The van der Waals surface area contributed by atoms with Gasteiger partial charge in [-0.1, -0.05) is 12.1 Å². The van der Waals surface area contributed by atoms with Crippen LogP contribution < -0.4 is 10.2 Å². The third kappa shape index (κ3) is 3.23. The average Bonchev–Trinajstić information content (AvgIpc) is 2.41. The van der Waals surface area contributed by atoms with E-state index in [0.717, 1.165) is 6.54 Å². The molecule has 4 nitrogen and oxygen atoms in total. The van der Waals surface area contributed by atoms with E-state index in [4.69, 9.17) is 0 Å². The van der Waals surface area contributed by atoms with Gasteiger partial charge in [-0.05, 0) is 19.1 Å². The van der Waals surface area contributed by atoms with Crippen molar-refractivity contribution in [1.29, 1.82) is 0 Å². The van der Waals surface area contributed by atoms with E-state index in [2.05, 4.69) is 10.1 Å². The fourth-order valence-corrected chi connectivity index (χ4v) is 2.37. The lowest BCUT2D eigenvalue weighted by atomic mass is 10.1. The molecule has 1 N–H and O–H groups in total. The quantitative estimate of drug-likeness (QED) is 0.843. The number of benzene rings is 1. The lowest BCUT2D eigenvalue weighted by Crippen LogP contribution is -2.56. The number of carbonyl (C=O) groups excluding carboxylic acids is 1. The third-order valence-electron chi connectivity index (χ3n) is 3.45. The molecule has 19 heavy (non-hydrogen) atoms. The van der Waals surface area contributed by atoms with Crippen LogP contribution in [0.5, 0.6) is 0 Å². The summed E-state index contributed by atoms with van der Waals surface area (Å²) in [7, 11) is 1.38. The number of hydrogen-bond acceptors (Lipinski definition) is 4. The van der Waals surface area contributed by atoms with Gasteiger partial charge in [0.05, 0.1) is 19.2 Å². The van der Waals surface area contributed by atoms with E-state index in [1.54, 1.807) is 12.1 Å². The van der Waals surface area contributed by atoms with Crippen molar-refractivity contribution in [3.8, 4) is 0 Å². The van der Waals surface area contributed by atoms with E-state index >= 15 is 0 Å². The maximum atomic E-state index is 13.8. The molecule has 1 saturated heterocycles. The van der Waals surface area contributed by atoms with Gasteiger partial charge in [0, 0.05) is 25.2 Å². The number of methoxy groups -OCH3 is 1. The largest absolute Gasteiger partial charge is 0.469 e. The number of hydrogen-bond donors (Lipinski definition) is 1. The number of piperazine rings is 1. The van der Waals surface area contributed by atoms with Crippen LogP contribution in [0.15, 0.2) is 24.3 Å². The van der Waals surface area contributed by atoms with Crippen molar-refractivity contribution in [3.63, 3.8) is 0 Å². The van der Waals surface area contributed by atoms with Crippen LogP contribution in [0.4, 0.5) is 10.1 Å². The Hall–Kier alpha value is -1.62. The molecule has 0 bridgehead atoms. The molecule has 5 heteroatoms. The second-order valence-electron chi connectivity index (χ2n) is 4.84. The van der Waals surface area contributed by atoms with Crippen LogP contribution in [-0.4, -0.2) is 38.3 Å². The van der Waals surface area contributed by atoms with Gasteiger partial charge < -0.3 is 15.0 Å². The Kier molecular flexibility index (Phi) is 4.37. The predicted octanol–water partition coefficient (Wildman–Crippen LogP) is 1.56. The van der Waals surface area contributed by atoms with Crippen molar-refractivity contribution in [2.24, 2.45) is 0 Å². The highest BCUT2D eigenvalue weighted by atomic mass is 19.1. The zero-order chi connectivity index (χ0) is 13.8. The molecule has 0 amide bonds. The van der Waals surface area contributed by atoms with Gasteiger partial charge in [-0.3, -0.25) is 4.79 Å². The van der Waals surface area contributed by atoms with E-state index in [1.165, 1.54) is 13.2 Å². The van der Waals surface area contributed by atoms with Crippen LogP contribution in [0.2, 0.25) is 0 Å². The number of esters is 1. The van der Waals surface area contributed by atoms with Gasteiger partial charge in [-0.2, -0.15) is 0 Å². The number of nitrogens with zero attached hydrogens (tertiary/aromatic N) is 1. The lowest BCUT2D eigenvalue weighted by Gasteiger charge is -2.40. The minimum Gasteiger partial charge on any atom is -0.469 e. The minimum atomic E-state index is -0.250. The van der Waals surface area contributed by atoms with Gasteiger partial charge in [-0.15, -0.1) is 0 Å². The average molecular weight is 266 g/mol. The fourth-order valence-electron chi connectivity index (χ4n) is 2.37. The maximum absolute atomic E-state index is 13.8. The molecular formula is C14H19FN2O2. The minimum absolute atomic E-state index is 0.0109. The SMILES string of the molecule is COC(=O)CC1CN(c2ccccc2F)C(C)CN1. The van der Waals surface area contributed by atoms with Gasteiger partial charge in [0.1, 0.15) is 5.82 Å². The lowest BCUT2D eigenvalue weighted by molar-refractivity contribution is -0.141. The zero-order valence-corrected chi connectivity index (χ0v) is 11.2. The summed E-state index contributed by atoms with van der Waals surface area (Å²) in [6.45, 7) is 3.35. The number of rotatable bonds is 3. The van der Waals surface area contributed by atoms with Crippen LogP contribution in [0, 0.1) is 5.82 Å². The van der Waals surface area contributed by atoms with Crippen LogP contribution in [-0.2, 0) is 9.53 Å². The molecule has 1 heterocycles. The van der Waals surface area contributed by atoms with Crippen LogP contribution in [0.1, 0.15) is 13.3 Å². The Balaban J connectivity index is 2.11. The first-order chi connectivity index (χ1) is 9.11. The standard InChI is InChI=1S/C14H19FN2O2/c1-10-8-16-11(7-14(18)19-2)9-17(10)13-6-4-3-5-12(13)15/h3-6,10-11,16H,7-9H2,1-2H3. The summed E-state index contributed by atoms with van der Waals surface area (Å²) >= 11 is 0. The van der Waals surface area contributed by atoms with Crippen molar-refractivity contribution in [1.82, 2.24) is 5.32 Å².